The first-order chi connectivity index (χ1) is 9.38. The summed E-state index contributed by atoms with van der Waals surface area (Å²) in [5, 5.41) is 2.32. The molecule has 0 amide bonds. The first-order valence-corrected chi connectivity index (χ1v) is 6.02. The van der Waals surface area contributed by atoms with Crippen LogP contribution in [0.25, 0.3) is 0 Å². The Bertz CT molecular complexity index is 589. The van der Waals surface area contributed by atoms with Crippen LogP contribution in [0.15, 0.2) is 30.7 Å². The van der Waals surface area contributed by atoms with Crippen molar-refractivity contribution in [3.05, 3.63) is 47.1 Å². The van der Waals surface area contributed by atoms with Gasteiger partial charge >= 0.3 is 6.18 Å². The molecule has 2 aromatic rings. The number of aromatic nitrogens is 3. The summed E-state index contributed by atoms with van der Waals surface area (Å²) in [6.07, 6.45) is 0.104. The molecule has 0 aliphatic heterocycles. The largest absolute Gasteiger partial charge is 0.419 e. The summed E-state index contributed by atoms with van der Waals surface area (Å²) in [7, 11) is 0. The Morgan fingerprint density at radius 1 is 1.25 bits per heavy atom. The summed E-state index contributed by atoms with van der Waals surface area (Å²) >= 11 is 5.54. The second kappa shape index (κ2) is 5.62. The zero-order chi connectivity index (χ0) is 14.8. The van der Waals surface area contributed by atoms with Crippen LogP contribution in [0.2, 0.25) is 5.15 Å². The van der Waals surface area contributed by atoms with E-state index in [2.05, 4.69) is 20.3 Å². The summed E-state index contributed by atoms with van der Waals surface area (Å²) in [5.41, 5.74) is -0.317. The Hall–Kier alpha value is -1.89. The lowest BCUT2D eigenvalue weighted by Crippen LogP contribution is -2.12. The van der Waals surface area contributed by atoms with Crippen LogP contribution in [0.5, 0.6) is 0 Å². The van der Waals surface area contributed by atoms with Gasteiger partial charge in [-0.2, -0.15) is 13.2 Å². The van der Waals surface area contributed by atoms with Crippen LogP contribution < -0.4 is 5.32 Å². The lowest BCUT2D eigenvalue weighted by molar-refractivity contribution is -0.137. The van der Waals surface area contributed by atoms with E-state index in [0.29, 0.717) is 5.69 Å². The van der Waals surface area contributed by atoms with Gasteiger partial charge in [0, 0.05) is 12.4 Å². The van der Waals surface area contributed by atoms with Crippen molar-refractivity contribution in [1.82, 2.24) is 15.0 Å². The zero-order valence-electron chi connectivity index (χ0n) is 10.3. The van der Waals surface area contributed by atoms with Crippen LogP contribution in [0.4, 0.5) is 19.0 Å². The van der Waals surface area contributed by atoms with E-state index in [1.54, 1.807) is 13.1 Å². The highest BCUT2D eigenvalue weighted by atomic mass is 35.5. The average molecular weight is 303 g/mol. The molecule has 0 aliphatic carbocycles. The quantitative estimate of drug-likeness (QED) is 0.878. The predicted molar refractivity (Wildman–Crippen MR) is 68.3 cm³/mol. The van der Waals surface area contributed by atoms with Gasteiger partial charge in [-0.3, -0.25) is 9.97 Å². The Balaban J connectivity index is 2.17. The predicted octanol–water partition coefficient (Wildman–Crippen LogP) is 3.72. The van der Waals surface area contributed by atoms with Gasteiger partial charge in [-0.25, -0.2) is 4.98 Å². The van der Waals surface area contributed by atoms with E-state index in [9.17, 15) is 13.2 Å². The van der Waals surface area contributed by atoms with Crippen molar-refractivity contribution in [2.24, 2.45) is 0 Å². The molecule has 0 saturated carbocycles. The number of rotatable bonds is 3. The first kappa shape index (κ1) is 14.5. The molecule has 0 aromatic carbocycles. The fraction of sp³-hybridized carbons (Fsp3) is 0.250. The maximum absolute atomic E-state index is 12.5. The molecule has 0 aliphatic rings. The van der Waals surface area contributed by atoms with Crippen LogP contribution in [0.3, 0.4) is 0 Å². The zero-order valence-corrected chi connectivity index (χ0v) is 11.1. The van der Waals surface area contributed by atoms with Gasteiger partial charge in [-0.15, -0.1) is 0 Å². The van der Waals surface area contributed by atoms with Crippen LogP contribution in [0, 0.1) is 0 Å². The third-order valence-electron chi connectivity index (χ3n) is 2.55. The van der Waals surface area contributed by atoms with E-state index in [4.69, 9.17) is 11.6 Å². The molecular formula is C12H10ClF3N4. The molecule has 0 bridgehead atoms. The Kier molecular flexibility index (Phi) is 4.08. The molecule has 0 saturated heterocycles. The third-order valence-corrected chi connectivity index (χ3v) is 2.83. The molecule has 0 spiro atoms. The highest BCUT2D eigenvalue weighted by Crippen LogP contribution is 2.34. The Morgan fingerprint density at radius 3 is 2.55 bits per heavy atom. The average Bonchev–Trinajstić information content (AvgIpc) is 2.38. The fourth-order valence-corrected chi connectivity index (χ4v) is 1.82. The highest BCUT2D eigenvalue weighted by Gasteiger charge is 2.34. The van der Waals surface area contributed by atoms with E-state index in [0.717, 1.165) is 6.07 Å². The molecule has 0 fully saturated rings. The van der Waals surface area contributed by atoms with Crippen molar-refractivity contribution < 1.29 is 13.2 Å². The molecule has 2 rings (SSSR count). The summed E-state index contributed by atoms with van der Waals surface area (Å²) in [4.78, 5) is 11.7. The number of halogens is 4. The van der Waals surface area contributed by atoms with Gasteiger partial charge in [0.05, 0.1) is 23.5 Å². The second-order valence-electron chi connectivity index (χ2n) is 4.03. The molecule has 1 atom stereocenters. The van der Waals surface area contributed by atoms with E-state index >= 15 is 0 Å². The monoisotopic (exact) mass is 302 g/mol. The van der Waals surface area contributed by atoms with E-state index in [1.807, 2.05) is 0 Å². The third kappa shape index (κ3) is 3.36. The maximum atomic E-state index is 12.5. The van der Waals surface area contributed by atoms with Gasteiger partial charge in [0.2, 0.25) is 0 Å². The van der Waals surface area contributed by atoms with Crippen molar-refractivity contribution >= 4 is 17.4 Å². The first-order valence-electron chi connectivity index (χ1n) is 5.64. The number of nitrogens with zero attached hydrogens (tertiary/aromatic N) is 3. The van der Waals surface area contributed by atoms with Gasteiger partial charge < -0.3 is 5.32 Å². The van der Waals surface area contributed by atoms with Crippen LogP contribution in [-0.4, -0.2) is 15.0 Å². The van der Waals surface area contributed by atoms with E-state index < -0.39 is 16.9 Å². The summed E-state index contributed by atoms with van der Waals surface area (Å²) in [6, 6.07) is 1.85. The molecule has 1 unspecified atom stereocenters. The van der Waals surface area contributed by atoms with Crippen molar-refractivity contribution in [3.63, 3.8) is 0 Å². The lowest BCUT2D eigenvalue weighted by Gasteiger charge is -2.15. The normalized spacial score (nSPS) is 13.1. The highest BCUT2D eigenvalue weighted by molar-refractivity contribution is 6.30. The Morgan fingerprint density at radius 2 is 2.00 bits per heavy atom. The number of anilines is 1. The van der Waals surface area contributed by atoms with E-state index in [1.165, 1.54) is 18.5 Å². The summed E-state index contributed by atoms with van der Waals surface area (Å²) < 4.78 is 37.6. The van der Waals surface area contributed by atoms with Gasteiger partial charge in [0.1, 0.15) is 11.0 Å². The van der Waals surface area contributed by atoms with Crippen LogP contribution >= 0.6 is 11.6 Å². The van der Waals surface area contributed by atoms with Gasteiger partial charge in [-0.1, -0.05) is 11.6 Å². The van der Waals surface area contributed by atoms with Gasteiger partial charge in [0.15, 0.2) is 0 Å². The SMILES string of the molecule is CC(Nc1ccc(C(F)(F)F)c(Cl)n1)c1cnccn1. The standard InChI is InChI=1S/C12H10ClF3N4/c1-7(9-6-17-4-5-18-9)19-10-3-2-8(11(13)20-10)12(14,15)16/h2-7H,1H3,(H,19,20). The van der Waals surface area contributed by atoms with E-state index in [-0.39, 0.29) is 11.9 Å². The fourth-order valence-electron chi connectivity index (χ4n) is 1.56. The molecule has 2 aromatic heterocycles. The molecule has 0 radical (unpaired) electrons. The number of hydrogen-bond acceptors (Lipinski definition) is 4. The topological polar surface area (TPSA) is 50.7 Å². The minimum Gasteiger partial charge on any atom is -0.362 e. The maximum Gasteiger partial charge on any atom is 0.419 e. The summed E-state index contributed by atoms with van der Waals surface area (Å²) in [5.74, 6) is 0.237. The summed E-state index contributed by atoms with van der Waals surface area (Å²) in [6.45, 7) is 1.79. The van der Waals surface area contributed by atoms with Crippen LogP contribution in [0.1, 0.15) is 24.2 Å². The van der Waals surface area contributed by atoms with Gasteiger partial charge in [0.25, 0.3) is 0 Å². The molecule has 8 heteroatoms. The van der Waals surface area contributed by atoms with Gasteiger partial charge in [-0.05, 0) is 19.1 Å². The molecule has 20 heavy (non-hydrogen) atoms. The van der Waals surface area contributed by atoms with Crippen molar-refractivity contribution in [2.45, 2.75) is 19.1 Å². The molecule has 2 heterocycles. The number of nitrogens with one attached hydrogen (secondary N) is 1. The van der Waals surface area contributed by atoms with Crippen molar-refractivity contribution in [3.8, 4) is 0 Å². The second-order valence-corrected chi connectivity index (χ2v) is 4.39. The van der Waals surface area contributed by atoms with Crippen LogP contribution in [-0.2, 0) is 6.18 Å². The van der Waals surface area contributed by atoms with Crippen molar-refractivity contribution in [2.75, 3.05) is 5.32 Å². The van der Waals surface area contributed by atoms with Crippen molar-refractivity contribution in [1.29, 1.82) is 0 Å². The lowest BCUT2D eigenvalue weighted by atomic mass is 10.2. The number of hydrogen-bond donors (Lipinski definition) is 1. The smallest absolute Gasteiger partial charge is 0.362 e. The number of alkyl halides is 3. The molecule has 1 N–H and O–H groups in total. The number of pyridine rings is 1. The molecule has 4 nitrogen and oxygen atoms in total. The minimum absolute atomic E-state index is 0.237. The minimum atomic E-state index is -4.51. The molecular weight excluding hydrogens is 293 g/mol. The Labute approximate surface area is 118 Å². The molecule has 106 valence electrons.